The molecule has 18 heavy (non-hydrogen) atoms. The third kappa shape index (κ3) is 2.18. The zero-order valence-electron chi connectivity index (χ0n) is 10.7. The van der Waals surface area contributed by atoms with Crippen molar-refractivity contribution in [3.8, 4) is 11.5 Å². The highest BCUT2D eigenvalue weighted by atomic mass is 16.5. The van der Waals surface area contributed by atoms with Gasteiger partial charge >= 0.3 is 5.97 Å². The van der Waals surface area contributed by atoms with E-state index >= 15 is 0 Å². The van der Waals surface area contributed by atoms with Gasteiger partial charge in [0.15, 0.2) is 5.75 Å². The number of esters is 1. The number of rotatable bonds is 3. The zero-order chi connectivity index (χ0) is 13.3. The number of hydrogen-bond donors (Lipinski definition) is 1. The minimum atomic E-state index is -0.520. The summed E-state index contributed by atoms with van der Waals surface area (Å²) < 4.78 is 10.4. The lowest BCUT2D eigenvalue weighted by molar-refractivity contribution is -0.144. The second-order valence-electron chi connectivity index (χ2n) is 4.91. The first-order chi connectivity index (χ1) is 8.44. The molecule has 2 aromatic rings. The summed E-state index contributed by atoms with van der Waals surface area (Å²) in [5.41, 5.74) is 0.0370. The Morgan fingerprint density at radius 3 is 2.83 bits per heavy atom. The van der Waals surface area contributed by atoms with Crippen LogP contribution < -0.4 is 4.74 Å². The second kappa shape index (κ2) is 4.37. The molecule has 0 saturated heterocycles. The molecule has 0 spiro atoms. The first-order valence-electron chi connectivity index (χ1n) is 5.86. The van der Waals surface area contributed by atoms with Crippen LogP contribution >= 0.6 is 0 Å². The number of carbonyl (C=O) groups excluding carboxylic acids is 1. The number of furan rings is 1. The standard InChI is InChI=1S/C14H16O4/c1-4-14(2,3)13(16)18-9-5-6-12-10(7-9)11(15)8-17-12/h5-8,15H,4H2,1-3H3. The minimum Gasteiger partial charge on any atom is -0.504 e. The predicted molar refractivity (Wildman–Crippen MR) is 67.6 cm³/mol. The molecule has 0 atom stereocenters. The molecular weight excluding hydrogens is 232 g/mol. The van der Waals surface area contributed by atoms with Gasteiger partial charge in [0.25, 0.3) is 0 Å². The molecule has 0 bridgehead atoms. The van der Waals surface area contributed by atoms with Gasteiger partial charge in [-0.15, -0.1) is 0 Å². The van der Waals surface area contributed by atoms with Gasteiger partial charge in [0.05, 0.1) is 10.8 Å². The Bertz CT molecular complexity index is 580. The monoisotopic (exact) mass is 248 g/mol. The molecule has 0 radical (unpaired) electrons. The molecule has 2 rings (SSSR count). The maximum Gasteiger partial charge on any atom is 0.316 e. The van der Waals surface area contributed by atoms with E-state index in [0.717, 1.165) is 0 Å². The van der Waals surface area contributed by atoms with Crippen LogP contribution in [-0.4, -0.2) is 11.1 Å². The Hall–Kier alpha value is -1.97. The summed E-state index contributed by atoms with van der Waals surface area (Å²) in [5, 5.41) is 10.1. The van der Waals surface area contributed by atoms with Gasteiger partial charge in [0, 0.05) is 0 Å². The Balaban J connectivity index is 2.27. The lowest BCUT2D eigenvalue weighted by Crippen LogP contribution is -2.28. The van der Waals surface area contributed by atoms with Crippen molar-refractivity contribution >= 4 is 16.9 Å². The van der Waals surface area contributed by atoms with Crippen molar-refractivity contribution in [2.24, 2.45) is 5.41 Å². The van der Waals surface area contributed by atoms with E-state index in [0.29, 0.717) is 23.1 Å². The normalized spacial score (nSPS) is 11.7. The number of ether oxygens (including phenoxy) is 1. The molecule has 96 valence electrons. The van der Waals surface area contributed by atoms with Crippen LogP contribution in [0.4, 0.5) is 0 Å². The molecule has 0 aliphatic rings. The average Bonchev–Trinajstić information content (AvgIpc) is 2.71. The van der Waals surface area contributed by atoms with Gasteiger partial charge in [-0.3, -0.25) is 4.79 Å². The second-order valence-corrected chi connectivity index (χ2v) is 4.91. The molecule has 1 heterocycles. The minimum absolute atomic E-state index is 0.0395. The number of fused-ring (bicyclic) bond motifs is 1. The van der Waals surface area contributed by atoms with Crippen LogP contribution in [0.5, 0.6) is 11.5 Å². The molecule has 0 aliphatic heterocycles. The van der Waals surface area contributed by atoms with Crippen LogP contribution in [0, 0.1) is 5.41 Å². The predicted octanol–water partition coefficient (Wildman–Crippen LogP) is 3.48. The van der Waals surface area contributed by atoms with Gasteiger partial charge in [-0.05, 0) is 38.5 Å². The summed E-state index contributed by atoms with van der Waals surface area (Å²) in [5.74, 6) is 0.163. The van der Waals surface area contributed by atoms with E-state index in [2.05, 4.69) is 0 Å². The molecular formula is C14H16O4. The Kier molecular flexibility index (Phi) is 3.03. The third-order valence-corrected chi connectivity index (χ3v) is 3.17. The smallest absolute Gasteiger partial charge is 0.316 e. The van der Waals surface area contributed by atoms with Gasteiger partial charge in [-0.25, -0.2) is 0 Å². The fraction of sp³-hybridized carbons (Fsp3) is 0.357. The highest BCUT2D eigenvalue weighted by Crippen LogP contribution is 2.31. The highest BCUT2D eigenvalue weighted by Gasteiger charge is 2.27. The fourth-order valence-corrected chi connectivity index (χ4v) is 1.45. The Morgan fingerprint density at radius 2 is 2.17 bits per heavy atom. The Labute approximate surface area is 105 Å². The van der Waals surface area contributed by atoms with Crippen LogP contribution in [0.2, 0.25) is 0 Å². The summed E-state index contributed by atoms with van der Waals surface area (Å²) in [6, 6.07) is 4.91. The van der Waals surface area contributed by atoms with Crippen molar-refractivity contribution in [2.75, 3.05) is 0 Å². The van der Waals surface area contributed by atoms with Crippen LogP contribution in [-0.2, 0) is 4.79 Å². The van der Waals surface area contributed by atoms with Crippen molar-refractivity contribution in [1.82, 2.24) is 0 Å². The first kappa shape index (κ1) is 12.5. The van der Waals surface area contributed by atoms with Gasteiger partial charge in [0.2, 0.25) is 0 Å². The van der Waals surface area contributed by atoms with Gasteiger partial charge in [-0.1, -0.05) is 6.92 Å². The number of aromatic hydroxyl groups is 1. The van der Waals surface area contributed by atoms with E-state index in [-0.39, 0.29) is 11.7 Å². The molecule has 4 heteroatoms. The van der Waals surface area contributed by atoms with Gasteiger partial charge in [-0.2, -0.15) is 0 Å². The van der Waals surface area contributed by atoms with E-state index in [1.165, 1.54) is 6.26 Å². The topological polar surface area (TPSA) is 59.7 Å². The van der Waals surface area contributed by atoms with Crippen molar-refractivity contribution < 1.29 is 19.1 Å². The molecule has 0 amide bonds. The molecule has 1 N–H and O–H groups in total. The molecule has 4 nitrogen and oxygen atoms in total. The van der Waals surface area contributed by atoms with Crippen molar-refractivity contribution in [3.05, 3.63) is 24.5 Å². The molecule has 1 aromatic heterocycles. The average molecular weight is 248 g/mol. The molecule has 0 fully saturated rings. The van der Waals surface area contributed by atoms with Crippen molar-refractivity contribution in [1.29, 1.82) is 0 Å². The van der Waals surface area contributed by atoms with E-state index in [1.807, 2.05) is 20.8 Å². The van der Waals surface area contributed by atoms with Crippen LogP contribution in [0.1, 0.15) is 27.2 Å². The molecule has 1 aromatic carbocycles. The van der Waals surface area contributed by atoms with Crippen molar-refractivity contribution in [3.63, 3.8) is 0 Å². The highest BCUT2D eigenvalue weighted by molar-refractivity contribution is 5.86. The fourth-order valence-electron chi connectivity index (χ4n) is 1.45. The number of carbonyl (C=O) groups is 1. The summed E-state index contributed by atoms with van der Waals surface area (Å²) >= 11 is 0. The maximum absolute atomic E-state index is 11.9. The van der Waals surface area contributed by atoms with Gasteiger partial charge in [0.1, 0.15) is 17.6 Å². The maximum atomic E-state index is 11.9. The van der Waals surface area contributed by atoms with Crippen LogP contribution in [0.15, 0.2) is 28.9 Å². The third-order valence-electron chi connectivity index (χ3n) is 3.17. The van der Waals surface area contributed by atoms with E-state index in [9.17, 15) is 9.90 Å². The summed E-state index contributed by atoms with van der Waals surface area (Å²) in [6.07, 6.45) is 1.96. The van der Waals surface area contributed by atoms with E-state index in [4.69, 9.17) is 9.15 Å². The SMILES string of the molecule is CCC(C)(C)C(=O)Oc1ccc2occ(O)c2c1. The Morgan fingerprint density at radius 1 is 1.44 bits per heavy atom. The zero-order valence-corrected chi connectivity index (χ0v) is 10.7. The van der Waals surface area contributed by atoms with Gasteiger partial charge < -0.3 is 14.3 Å². The van der Waals surface area contributed by atoms with E-state index in [1.54, 1.807) is 18.2 Å². The van der Waals surface area contributed by atoms with Crippen LogP contribution in [0.3, 0.4) is 0 Å². The van der Waals surface area contributed by atoms with Crippen molar-refractivity contribution in [2.45, 2.75) is 27.2 Å². The number of benzene rings is 1. The molecule has 0 unspecified atom stereocenters. The lowest BCUT2D eigenvalue weighted by atomic mass is 9.91. The lowest BCUT2D eigenvalue weighted by Gasteiger charge is -2.19. The number of hydrogen-bond acceptors (Lipinski definition) is 4. The largest absolute Gasteiger partial charge is 0.504 e. The molecule has 0 saturated carbocycles. The summed E-state index contributed by atoms with van der Waals surface area (Å²) in [6.45, 7) is 5.61. The van der Waals surface area contributed by atoms with E-state index < -0.39 is 5.41 Å². The van der Waals surface area contributed by atoms with Crippen LogP contribution in [0.25, 0.3) is 11.0 Å². The molecule has 0 aliphatic carbocycles. The summed E-state index contributed by atoms with van der Waals surface area (Å²) in [7, 11) is 0. The summed E-state index contributed by atoms with van der Waals surface area (Å²) in [4.78, 5) is 11.9. The first-order valence-corrected chi connectivity index (χ1v) is 5.86. The quantitative estimate of drug-likeness (QED) is 0.667.